The molecule has 0 aliphatic carbocycles. The Hall–Kier alpha value is -0.670. The number of rotatable bonds is 2. The maximum absolute atomic E-state index is 4.41. The van der Waals surface area contributed by atoms with E-state index in [0.717, 1.165) is 12.1 Å². The van der Waals surface area contributed by atoms with Gasteiger partial charge >= 0.3 is 0 Å². The lowest BCUT2D eigenvalue weighted by Crippen LogP contribution is -1.82. The van der Waals surface area contributed by atoms with Gasteiger partial charge in [0.25, 0.3) is 0 Å². The Labute approximate surface area is 79.7 Å². The lowest BCUT2D eigenvalue weighted by Gasteiger charge is -1.89. The highest BCUT2D eigenvalue weighted by Gasteiger charge is 2.00. The number of thiazole rings is 1. The molecule has 0 bridgehead atoms. The normalized spacial score (nSPS) is 10.4. The zero-order valence-electron chi connectivity index (χ0n) is 6.78. The third-order valence-electron chi connectivity index (χ3n) is 1.57. The first-order chi connectivity index (χ1) is 5.84. The van der Waals surface area contributed by atoms with Crippen molar-refractivity contribution in [1.82, 2.24) is 4.98 Å². The van der Waals surface area contributed by atoms with E-state index in [0.29, 0.717) is 0 Å². The van der Waals surface area contributed by atoms with Crippen LogP contribution in [-0.4, -0.2) is 4.98 Å². The van der Waals surface area contributed by atoms with Crippen LogP contribution >= 0.6 is 22.7 Å². The van der Waals surface area contributed by atoms with Crippen molar-refractivity contribution >= 4 is 22.7 Å². The van der Waals surface area contributed by atoms with Crippen LogP contribution in [0.25, 0.3) is 0 Å². The minimum Gasteiger partial charge on any atom is -0.246 e. The maximum atomic E-state index is 4.41. The van der Waals surface area contributed by atoms with Gasteiger partial charge in [-0.25, -0.2) is 4.98 Å². The summed E-state index contributed by atoms with van der Waals surface area (Å²) in [5.41, 5.74) is 1.13. The van der Waals surface area contributed by atoms with Crippen molar-refractivity contribution in [3.63, 3.8) is 0 Å². The molecule has 0 aliphatic heterocycles. The number of nitrogens with zero attached hydrogens (tertiary/aromatic N) is 1. The van der Waals surface area contributed by atoms with Gasteiger partial charge in [0.2, 0.25) is 0 Å². The van der Waals surface area contributed by atoms with Crippen LogP contribution in [0.3, 0.4) is 0 Å². The summed E-state index contributed by atoms with van der Waals surface area (Å²) in [5, 5.41) is 5.42. The average molecular weight is 195 g/mol. The Balaban J connectivity index is 2.14. The molecule has 0 radical (unpaired) electrons. The van der Waals surface area contributed by atoms with Gasteiger partial charge in [-0.15, -0.1) is 22.7 Å². The standard InChI is InChI=1S/C9H9NS2/c1-7-6-12-9(10-7)5-8-3-2-4-11-8/h2-4,6H,5H2,1H3. The highest BCUT2D eigenvalue weighted by molar-refractivity contribution is 7.11. The molecule has 0 unspecified atom stereocenters. The van der Waals surface area contributed by atoms with E-state index >= 15 is 0 Å². The minimum absolute atomic E-state index is 0.996. The van der Waals surface area contributed by atoms with E-state index < -0.39 is 0 Å². The molecule has 0 fully saturated rings. The maximum Gasteiger partial charge on any atom is 0.0980 e. The van der Waals surface area contributed by atoms with E-state index in [2.05, 4.69) is 27.9 Å². The fourth-order valence-electron chi connectivity index (χ4n) is 1.05. The van der Waals surface area contributed by atoms with Gasteiger partial charge in [0.05, 0.1) is 5.01 Å². The Bertz CT molecular complexity index is 348. The van der Waals surface area contributed by atoms with E-state index in [1.54, 1.807) is 22.7 Å². The second-order valence-corrected chi connectivity index (χ2v) is 4.61. The topological polar surface area (TPSA) is 12.9 Å². The second-order valence-electron chi connectivity index (χ2n) is 2.64. The zero-order valence-corrected chi connectivity index (χ0v) is 8.41. The number of aromatic nitrogens is 1. The summed E-state index contributed by atoms with van der Waals surface area (Å²) in [4.78, 5) is 5.80. The molecule has 2 aromatic rings. The number of hydrogen-bond acceptors (Lipinski definition) is 3. The summed E-state index contributed by atoms with van der Waals surface area (Å²) < 4.78 is 0. The molecule has 62 valence electrons. The van der Waals surface area contributed by atoms with Gasteiger partial charge in [0, 0.05) is 22.4 Å². The molecule has 3 heteroatoms. The molecular formula is C9H9NS2. The summed E-state index contributed by atoms with van der Waals surface area (Å²) in [7, 11) is 0. The molecule has 0 saturated carbocycles. The van der Waals surface area contributed by atoms with Gasteiger partial charge in [-0.1, -0.05) is 6.07 Å². The van der Waals surface area contributed by atoms with Crippen LogP contribution in [0.1, 0.15) is 15.6 Å². The molecule has 0 aromatic carbocycles. The predicted octanol–water partition coefficient (Wildman–Crippen LogP) is 3.10. The van der Waals surface area contributed by atoms with Gasteiger partial charge in [-0.05, 0) is 18.4 Å². The molecule has 0 spiro atoms. The number of thiophene rings is 1. The van der Waals surface area contributed by atoms with Crippen molar-refractivity contribution in [2.24, 2.45) is 0 Å². The van der Waals surface area contributed by atoms with Crippen molar-refractivity contribution in [3.05, 3.63) is 38.5 Å². The van der Waals surface area contributed by atoms with Crippen molar-refractivity contribution in [1.29, 1.82) is 0 Å². The van der Waals surface area contributed by atoms with Crippen LogP contribution in [-0.2, 0) is 6.42 Å². The van der Waals surface area contributed by atoms with Crippen molar-refractivity contribution < 1.29 is 0 Å². The molecule has 2 rings (SSSR count). The molecule has 0 atom stereocenters. The minimum atomic E-state index is 0.996. The highest BCUT2D eigenvalue weighted by atomic mass is 32.1. The average Bonchev–Trinajstić information content (AvgIpc) is 2.63. The number of hydrogen-bond donors (Lipinski definition) is 0. The molecular weight excluding hydrogens is 186 g/mol. The van der Waals surface area contributed by atoms with Gasteiger partial charge in [0.1, 0.15) is 0 Å². The van der Waals surface area contributed by atoms with Crippen molar-refractivity contribution in [2.45, 2.75) is 13.3 Å². The van der Waals surface area contributed by atoms with E-state index in [1.165, 1.54) is 9.88 Å². The molecule has 2 aromatic heterocycles. The highest BCUT2D eigenvalue weighted by Crippen LogP contribution is 2.17. The summed E-state index contributed by atoms with van der Waals surface area (Å²) >= 11 is 3.54. The van der Waals surface area contributed by atoms with Gasteiger partial charge in [-0.2, -0.15) is 0 Å². The Kier molecular flexibility index (Phi) is 2.23. The molecule has 0 aliphatic rings. The molecule has 0 saturated heterocycles. The summed E-state index contributed by atoms with van der Waals surface area (Å²) in [6.45, 7) is 2.04. The predicted molar refractivity (Wildman–Crippen MR) is 54.0 cm³/mol. The third-order valence-corrected chi connectivity index (χ3v) is 3.42. The molecule has 12 heavy (non-hydrogen) atoms. The first-order valence-electron chi connectivity index (χ1n) is 3.78. The van der Waals surface area contributed by atoms with Gasteiger partial charge < -0.3 is 0 Å². The van der Waals surface area contributed by atoms with Crippen LogP contribution in [0.5, 0.6) is 0 Å². The fourth-order valence-corrected chi connectivity index (χ4v) is 2.64. The Morgan fingerprint density at radius 1 is 1.42 bits per heavy atom. The Morgan fingerprint density at radius 3 is 2.92 bits per heavy atom. The molecule has 2 heterocycles. The van der Waals surface area contributed by atoms with Crippen molar-refractivity contribution in [2.75, 3.05) is 0 Å². The molecule has 1 nitrogen and oxygen atoms in total. The van der Waals surface area contributed by atoms with Crippen LogP contribution in [0.15, 0.2) is 22.9 Å². The fraction of sp³-hybridized carbons (Fsp3) is 0.222. The lowest BCUT2D eigenvalue weighted by atomic mass is 10.3. The zero-order chi connectivity index (χ0) is 8.39. The second kappa shape index (κ2) is 3.37. The van der Waals surface area contributed by atoms with E-state index in [9.17, 15) is 0 Å². The summed E-state index contributed by atoms with van der Waals surface area (Å²) in [6.07, 6.45) is 0.996. The first-order valence-corrected chi connectivity index (χ1v) is 5.54. The third kappa shape index (κ3) is 1.73. The van der Waals surface area contributed by atoms with E-state index in [1.807, 2.05) is 6.92 Å². The van der Waals surface area contributed by atoms with Crippen LogP contribution in [0.4, 0.5) is 0 Å². The SMILES string of the molecule is Cc1csc(Cc2cccs2)n1. The quantitative estimate of drug-likeness (QED) is 0.717. The van der Waals surface area contributed by atoms with E-state index in [-0.39, 0.29) is 0 Å². The van der Waals surface area contributed by atoms with Gasteiger partial charge in [0.15, 0.2) is 0 Å². The lowest BCUT2D eigenvalue weighted by molar-refractivity contribution is 1.12. The number of aryl methyl sites for hydroxylation is 1. The van der Waals surface area contributed by atoms with Crippen LogP contribution in [0.2, 0.25) is 0 Å². The monoisotopic (exact) mass is 195 g/mol. The van der Waals surface area contributed by atoms with Crippen LogP contribution in [0, 0.1) is 6.92 Å². The molecule has 0 amide bonds. The Morgan fingerprint density at radius 2 is 2.33 bits per heavy atom. The molecule has 0 N–H and O–H groups in total. The largest absolute Gasteiger partial charge is 0.246 e. The van der Waals surface area contributed by atoms with Gasteiger partial charge in [-0.3, -0.25) is 0 Å². The van der Waals surface area contributed by atoms with Crippen molar-refractivity contribution in [3.8, 4) is 0 Å². The van der Waals surface area contributed by atoms with Crippen LogP contribution < -0.4 is 0 Å². The summed E-state index contributed by atoms with van der Waals surface area (Å²) in [6, 6.07) is 4.24. The summed E-state index contributed by atoms with van der Waals surface area (Å²) in [5.74, 6) is 0. The van der Waals surface area contributed by atoms with E-state index in [4.69, 9.17) is 0 Å². The smallest absolute Gasteiger partial charge is 0.0980 e. The first kappa shape index (κ1) is 7.95.